The molecule has 0 aliphatic carbocycles. The van der Waals surface area contributed by atoms with Gasteiger partial charge in [0, 0.05) is 28.6 Å². The molecule has 0 unspecified atom stereocenters. The van der Waals surface area contributed by atoms with Crippen LogP contribution in [0.4, 0.5) is 0 Å². The van der Waals surface area contributed by atoms with E-state index >= 15 is 0 Å². The summed E-state index contributed by atoms with van der Waals surface area (Å²) in [5.74, 6) is -0.112. The van der Waals surface area contributed by atoms with Crippen LogP contribution in [0, 0.1) is 0 Å². The van der Waals surface area contributed by atoms with Gasteiger partial charge in [-0.2, -0.15) is 5.10 Å². The highest BCUT2D eigenvalue weighted by atomic mass is 32.2. The number of carbonyl (C=O) groups is 1. The molecular formula is C24H24N4OS. The Bertz CT molecular complexity index is 1080. The number of thioether (sulfide) groups is 1. The summed E-state index contributed by atoms with van der Waals surface area (Å²) in [5.41, 5.74) is 4.44. The average molecular weight is 417 g/mol. The number of pyridine rings is 1. The second kappa shape index (κ2) is 10.4. The molecular weight excluding hydrogens is 392 g/mol. The van der Waals surface area contributed by atoms with Crippen LogP contribution < -0.4 is 5.32 Å². The Morgan fingerprint density at radius 2 is 2.00 bits per heavy atom. The fraction of sp³-hybridized carbons (Fsp3) is 0.125. The van der Waals surface area contributed by atoms with Gasteiger partial charge in [0.15, 0.2) is 0 Å². The van der Waals surface area contributed by atoms with Gasteiger partial charge in [-0.25, -0.2) is 0 Å². The van der Waals surface area contributed by atoms with Gasteiger partial charge in [0.05, 0.1) is 22.6 Å². The summed E-state index contributed by atoms with van der Waals surface area (Å²) in [6.07, 6.45) is 10.3. The quantitative estimate of drug-likeness (QED) is 0.390. The number of aromatic nitrogens is 3. The van der Waals surface area contributed by atoms with Crippen LogP contribution >= 0.6 is 11.8 Å². The highest BCUT2D eigenvalue weighted by molar-refractivity contribution is 8.03. The third kappa shape index (κ3) is 5.15. The Kier molecular flexibility index (Phi) is 7.40. The fourth-order valence-corrected chi connectivity index (χ4v) is 3.87. The van der Waals surface area contributed by atoms with Gasteiger partial charge in [0.25, 0.3) is 5.91 Å². The van der Waals surface area contributed by atoms with Crippen LogP contribution in [0.5, 0.6) is 0 Å². The lowest BCUT2D eigenvalue weighted by Gasteiger charge is -2.08. The minimum Gasteiger partial charge on any atom is -0.355 e. The van der Waals surface area contributed by atoms with Crippen LogP contribution in [0.3, 0.4) is 0 Å². The maximum atomic E-state index is 12.2. The zero-order valence-corrected chi connectivity index (χ0v) is 17.9. The van der Waals surface area contributed by atoms with Crippen LogP contribution in [-0.4, -0.2) is 28.1 Å². The number of carbonyl (C=O) groups excluding carboxylic acids is 1. The molecule has 1 aromatic carbocycles. The molecule has 0 aliphatic heterocycles. The first-order chi connectivity index (χ1) is 14.7. The van der Waals surface area contributed by atoms with E-state index in [-0.39, 0.29) is 5.91 Å². The number of allylic oxidation sites excluding steroid dienone is 1. The summed E-state index contributed by atoms with van der Waals surface area (Å²) in [4.78, 5) is 18.3. The first kappa shape index (κ1) is 21.3. The lowest BCUT2D eigenvalue weighted by atomic mass is 10.1. The summed E-state index contributed by atoms with van der Waals surface area (Å²) in [6, 6.07) is 13.3. The summed E-state index contributed by atoms with van der Waals surface area (Å²) < 4.78 is 0. The Balaban J connectivity index is 1.88. The molecule has 0 bridgehead atoms. The smallest absolute Gasteiger partial charge is 0.252 e. The summed E-state index contributed by atoms with van der Waals surface area (Å²) in [5, 5.41) is 10.3. The number of hydrogen-bond acceptors (Lipinski definition) is 4. The van der Waals surface area contributed by atoms with E-state index < -0.39 is 0 Å². The molecule has 0 fully saturated rings. The van der Waals surface area contributed by atoms with Crippen molar-refractivity contribution in [2.24, 2.45) is 0 Å². The van der Waals surface area contributed by atoms with Gasteiger partial charge in [0.1, 0.15) is 0 Å². The molecule has 0 saturated heterocycles. The van der Waals surface area contributed by atoms with Crippen molar-refractivity contribution in [1.82, 2.24) is 20.5 Å². The van der Waals surface area contributed by atoms with Crippen LogP contribution in [-0.2, 0) is 6.42 Å². The van der Waals surface area contributed by atoms with Crippen LogP contribution in [0.2, 0.25) is 0 Å². The second-order valence-corrected chi connectivity index (χ2v) is 7.49. The molecule has 0 spiro atoms. The van der Waals surface area contributed by atoms with Crippen molar-refractivity contribution >= 4 is 35.9 Å². The Hall–Kier alpha value is -3.38. The average Bonchev–Trinajstić information content (AvgIpc) is 3.19. The van der Waals surface area contributed by atoms with Crippen molar-refractivity contribution < 1.29 is 4.79 Å². The van der Waals surface area contributed by atoms with Crippen molar-refractivity contribution in [2.45, 2.75) is 18.2 Å². The maximum absolute atomic E-state index is 12.2. The number of amides is 1. The standard InChI is InChI=1S/C24H24N4OS/c1-4-18(30-23-12-7-6-11-20(23)24(29)25-3)16-22-19(5-2)21(27-28-22)14-13-17-10-8-9-15-26-17/h4,6-16H,1,5H2,2-3H3,(H,25,29)(H,27,28)/b14-13+,18-16+. The van der Waals surface area contributed by atoms with Crippen molar-refractivity contribution in [1.29, 1.82) is 0 Å². The van der Waals surface area contributed by atoms with E-state index in [1.54, 1.807) is 19.3 Å². The Labute approximate surface area is 181 Å². The Morgan fingerprint density at radius 3 is 2.70 bits per heavy atom. The van der Waals surface area contributed by atoms with Gasteiger partial charge < -0.3 is 5.32 Å². The summed E-state index contributed by atoms with van der Waals surface area (Å²) >= 11 is 1.50. The molecule has 3 aromatic rings. The topological polar surface area (TPSA) is 70.7 Å². The van der Waals surface area contributed by atoms with Gasteiger partial charge in [-0.05, 0) is 48.9 Å². The number of aromatic amines is 1. The van der Waals surface area contributed by atoms with E-state index in [0.29, 0.717) is 5.56 Å². The number of H-pyrrole nitrogens is 1. The predicted octanol–water partition coefficient (Wildman–Crippen LogP) is 5.22. The molecule has 1 amide bonds. The molecule has 152 valence electrons. The third-order valence-corrected chi connectivity index (χ3v) is 5.55. The number of nitrogens with zero attached hydrogens (tertiary/aromatic N) is 2. The molecule has 0 radical (unpaired) electrons. The molecule has 6 heteroatoms. The van der Waals surface area contributed by atoms with Gasteiger partial charge in [-0.15, -0.1) is 0 Å². The molecule has 2 N–H and O–H groups in total. The van der Waals surface area contributed by atoms with E-state index in [1.807, 2.05) is 60.7 Å². The third-order valence-electron chi connectivity index (χ3n) is 4.46. The van der Waals surface area contributed by atoms with Crippen LogP contribution in [0.1, 0.15) is 39.9 Å². The van der Waals surface area contributed by atoms with Crippen molar-refractivity contribution in [3.05, 3.63) is 94.4 Å². The van der Waals surface area contributed by atoms with Gasteiger partial charge in [0.2, 0.25) is 0 Å². The first-order valence-electron chi connectivity index (χ1n) is 9.65. The molecule has 5 nitrogen and oxygen atoms in total. The van der Waals surface area contributed by atoms with Crippen LogP contribution in [0.15, 0.2) is 71.1 Å². The highest BCUT2D eigenvalue weighted by Gasteiger charge is 2.12. The normalized spacial score (nSPS) is 11.6. The van der Waals surface area contributed by atoms with E-state index in [4.69, 9.17) is 0 Å². The van der Waals surface area contributed by atoms with Crippen molar-refractivity contribution in [2.75, 3.05) is 7.05 Å². The zero-order valence-electron chi connectivity index (χ0n) is 17.1. The van der Waals surface area contributed by atoms with Crippen LogP contribution in [0.25, 0.3) is 18.2 Å². The first-order valence-corrected chi connectivity index (χ1v) is 10.5. The number of rotatable bonds is 8. The predicted molar refractivity (Wildman–Crippen MR) is 125 cm³/mol. The zero-order chi connectivity index (χ0) is 21.3. The minimum atomic E-state index is -0.112. The van der Waals surface area contributed by atoms with Crippen molar-refractivity contribution in [3.63, 3.8) is 0 Å². The molecule has 2 aromatic heterocycles. The van der Waals surface area contributed by atoms with E-state index in [1.165, 1.54) is 11.8 Å². The monoisotopic (exact) mass is 416 g/mol. The lowest BCUT2D eigenvalue weighted by molar-refractivity contribution is 0.0960. The molecule has 0 atom stereocenters. The minimum absolute atomic E-state index is 0.112. The lowest BCUT2D eigenvalue weighted by Crippen LogP contribution is -2.18. The molecule has 30 heavy (non-hydrogen) atoms. The largest absolute Gasteiger partial charge is 0.355 e. The van der Waals surface area contributed by atoms with E-state index in [0.717, 1.165) is 38.9 Å². The van der Waals surface area contributed by atoms with Gasteiger partial charge in [-0.3, -0.25) is 14.9 Å². The number of nitrogens with one attached hydrogen (secondary N) is 2. The second-order valence-electron chi connectivity index (χ2n) is 6.37. The molecule has 3 rings (SSSR count). The number of hydrogen-bond donors (Lipinski definition) is 2. The molecule has 0 saturated carbocycles. The highest BCUT2D eigenvalue weighted by Crippen LogP contribution is 2.32. The van der Waals surface area contributed by atoms with E-state index in [9.17, 15) is 4.79 Å². The fourth-order valence-electron chi connectivity index (χ4n) is 2.94. The maximum Gasteiger partial charge on any atom is 0.252 e. The molecule has 0 aliphatic rings. The Morgan fingerprint density at radius 1 is 1.20 bits per heavy atom. The summed E-state index contributed by atoms with van der Waals surface area (Å²) in [6.45, 7) is 6.04. The molecule has 2 heterocycles. The van der Waals surface area contributed by atoms with Gasteiger partial charge >= 0.3 is 0 Å². The summed E-state index contributed by atoms with van der Waals surface area (Å²) in [7, 11) is 1.63. The SMILES string of the molecule is C=C/C(=C\c1[nH]nc(/C=C/c2ccccn2)c1CC)Sc1ccccc1C(=O)NC. The van der Waals surface area contributed by atoms with Crippen molar-refractivity contribution in [3.8, 4) is 0 Å². The van der Waals surface area contributed by atoms with E-state index in [2.05, 4.69) is 34.0 Å². The number of benzene rings is 1. The van der Waals surface area contributed by atoms with Gasteiger partial charge in [-0.1, -0.05) is 49.5 Å².